The van der Waals surface area contributed by atoms with E-state index in [0.717, 1.165) is 15.7 Å². The van der Waals surface area contributed by atoms with Gasteiger partial charge in [-0.15, -0.1) is 24.0 Å². The van der Waals surface area contributed by atoms with Crippen LogP contribution in [-0.2, 0) is 4.79 Å². The Labute approximate surface area is 157 Å². The van der Waals surface area contributed by atoms with E-state index in [9.17, 15) is 4.79 Å². The number of aryl methyl sites for hydroxylation is 1. The van der Waals surface area contributed by atoms with E-state index in [4.69, 9.17) is 0 Å². The zero-order chi connectivity index (χ0) is 15.8. The summed E-state index contributed by atoms with van der Waals surface area (Å²) in [4.78, 5) is 16.0. The van der Waals surface area contributed by atoms with Crippen molar-refractivity contribution in [2.75, 3.05) is 18.9 Å². The highest BCUT2D eigenvalue weighted by Crippen LogP contribution is 2.20. The van der Waals surface area contributed by atoms with Crippen molar-refractivity contribution in [2.24, 2.45) is 4.99 Å². The molecule has 124 valence electrons. The van der Waals surface area contributed by atoms with Crippen molar-refractivity contribution in [1.82, 2.24) is 10.6 Å². The Morgan fingerprint density at radius 3 is 2.64 bits per heavy atom. The lowest BCUT2D eigenvalue weighted by molar-refractivity contribution is -0.116. The number of halogens is 2. The number of anilines is 1. The Bertz CT molecular complexity index is 520. The van der Waals surface area contributed by atoms with Gasteiger partial charge < -0.3 is 16.0 Å². The lowest BCUT2D eigenvalue weighted by atomic mass is 10.2. The molecule has 0 aliphatic carbocycles. The minimum Gasteiger partial charge on any atom is -0.356 e. The van der Waals surface area contributed by atoms with Crippen molar-refractivity contribution in [3.05, 3.63) is 28.2 Å². The molecule has 0 unspecified atom stereocenters. The molecule has 1 amide bonds. The molecule has 3 N–H and O–H groups in total. The van der Waals surface area contributed by atoms with Crippen molar-refractivity contribution < 1.29 is 4.79 Å². The third-order valence-electron chi connectivity index (χ3n) is 2.77. The first-order valence-corrected chi connectivity index (χ1v) is 7.75. The fraction of sp³-hybridized carbons (Fsp3) is 0.467. The highest BCUT2D eigenvalue weighted by Gasteiger charge is 2.06. The minimum absolute atomic E-state index is 0. The van der Waals surface area contributed by atoms with E-state index >= 15 is 0 Å². The van der Waals surface area contributed by atoms with Gasteiger partial charge in [-0.05, 0) is 38.5 Å². The summed E-state index contributed by atoms with van der Waals surface area (Å²) in [5.74, 6) is 0.681. The molecule has 7 heteroatoms. The number of carbonyl (C=O) groups is 1. The van der Waals surface area contributed by atoms with Crippen LogP contribution in [0.4, 0.5) is 5.69 Å². The molecule has 0 radical (unpaired) electrons. The summed E-state index contributed by atoms with van der Waals surface area (Å²) in [5, 5.41) is 9.20. The van der Waals surface area contributed by atoms with Gasteiger partial charge in [0.1, 0.15) is 0 Å². The first-order valence-electron chi connectivity index (χ1n) is 6.95. The van der Waals surface area contributed by atoms with Crippen LogP contribution in [0.2, 0.25) is 0 Å². The van der Waals surface area contributed by atoms with Crippen molar-refractivity contribution >= 4 is 57.5 Å². The van der Waals surface area contributed by atoms with Crippen LogP contribution in [0.3, 0.4) is 0 Å². The quantitative estimate of drug-likeness (QED) is 0.343. The minimum atomic E-state index is -0.0244. The molecule has 0 saturated heterocycles. The van der Waals surface area contributed by atoms with Crippen molar-refractivity contribution in [3.8, 4) is 0 Å². The number of amides is 1. The average molecular weight is 483 g/mol. The fourth-order valence-corrected chi connectivity index (χ4v) is 2.07. The van der Waals surface area contributed by atoms with Gasteiger partial charge in [0.2, 0.25) is 5.91 Å². The monoisotopic (exact) mass is 482 g/mol. The molecule has 1 aromatic rings. The maximum atomic E-state index is 11.9. The van der Waals surface area contributed by atoms with Gasteiger partial charge >= 0.3 is 0 Å². The van der Waals surface area contributed by atoms with E-state index in [2.05, 4.69) is 36.9 Å². The van der Waals surface area contributed by atoms with E-state index in [-0.39, 0.29) is 29.9 Å². The molecular formula is C15H24BrIN4O. The van der Waals surface area contributed by atoms with Crippen LogP contribution in [0.1, 0.15) is 25.8 Å². The van der Waals surface area contributed by atoms with Gasteiger partial charge in [0, 0.05) is 36.2 Å². The molecule has 0 atom stereocenters. The zero-order valence-corrected chi connectivity index (χ0v) is 17.3. The van der Waals surface area contributed by atoms with Crippen LogP contribution in [0.25, 0.3) is 0 Å². The normalized spacial score (nSPS) is 10.9. The summed E-state index contributed by atoms with van der Waals surface area (Å²) < 4.78 is 0.947. The number of nitrogens with one attached hydrogen (secondary N) is 3. The molecule has 1 aromatic carbocycles. The SMILES string of the molecule is CN=C(NCCC(=O)Nc1cc(Br)ccc1C)NC(C)C.I. The molecule has 0 fully saturated rings. The third-order valence-corrected chi connectivity index (χ3v) is 3.26. The first kappa shape index (κ1) is 21.2. The fourth-order valence-electron chi connectivity index (χ4n) is 1.70. The van der Waals surface area contributed by atoms with Gasteiger partial charge in [-0.1, -0.05) is 22.0 Å². The molecule has 0 heterocycles. The van der Waals surface area contributed by atoms with Crippen molar-refractivity contribution in [3.63, 3.8) is 0 Å². The third kappa shape index (κ3) is 7.98. The largest absolute Gasteiger partial charge is 0.356 e. The van der Waals surface area contributed by atoms with Crippen LogP contribution in [0, 0.1) is 6.92 Å². The van der Waals surface area contributed by atoms with Gasteiger partial charge in [0.15, 0.2) is 5.96 Å². The summed E-state index contributed by atoms with van der Waals surface area (Å²) in [6.45, 7) is 6.57. The van der Waals surface area contributed by atoms with E-state index in [1.807, 2.05) is 39.0 Å². The summed E-state index contributed by atoms with van der Waals surface area (Å²) in [6.07, 6.45) is 0.380. The second kappa shape index (κ2) is 10.8. The summed E-state index contributed by atoms with van der Waals surface area (Å²) >= 11 is 3.40. The summed E-state index contributed by atoms with van der Waals surface area (Å²) in [7, 11) is 1.71. The molecule has 1 rings (SSSR count). The van der Waals surface area contributed by atoms with Crippen LogP contribution in [0.5, 0.6) is 0 Å². The highest BCUT2D eigenvalue weighted by atomic mass is 127. The number of benzene rings is 1. The topological polar surface area (TPSA) is 65.5 Å². The number of rotatable bonds is 5. The van der Waals surface area contributed by atoms with E-state index in [0.29, 0.717) is 25.0 Å². The predicted octanol–water partition coefficient (Wildman–Crippen LogP) is 3.28. The Kier molecular flexibility index (Phi) is 10.4. The molecule has 0 saturated carbocycles. The van der Waals surface area contributed by atoms with Gasteiger partial charge in [-0.2, -0.15) is 0 Å². The maximum absolute atomic E-state index is 11.9. The van der Waals surface area contributed by atoms with Gasteiger partial charge in [0.25, 0.3) is 0 Å². The number of guanidine groups is 1. The van der Waals surface area contributed by atoms with Crippen LogP contribution >= 0.6 is 39.9 Å². The molecule has 22 heavy (non-hydrogen) atoms. The summed E-state index contributed by atoms with van der Waals surface area (Å²) in [5.41, 5.74) is 1.87. The standard InChI is InChI=1S/C15H23BrN4O.HI/c1-10(2)19-15(17-4)18-8-7-14(21)20-13-9-12(16)6-5-11(13)3;/h5-6,9-10H,7-8H2,1-4H3,(H,20,21)(H2,17,18,19);1H. The molecule has 0 spiro atoms. The Morgan fingerprint density at radius 2 is 2.05 bits per heavy atom. The molecule has 0 aliphatic heterocycles. The number of hydrogen-bond donors (Lipinski definition) is 3. The molecule has 0 aromatic heterocycles. The molecule has 5 nitrogen and oxygen atoms in total. The number of nitrogens with zero attached hydrogens (tertiary/aromatic N) is 1. The van der Waals surface area contributed by atoms with E-state index < -0.39 is 0 Å². The predicted molar refractivity (Wildman–Crippen MR) is 107 cm³/mol. The Balaban J connectivity index is 0.00000441. The van der Waals surface area contributed by atoms with Crippen LogP contribution in [0.15, 0.2) is 27.7 Å². The lowest BCUT2D eigenvalue weighted by Gasteiger charge is -2.14. The average Bonchev–Trinajstić information content (AvgIpc) is 2.41. The summed E-state index contributed by atoms with van der Waals surface area (Å²) in [6, 6.07) is 6.12. The van der Waals surface area contributed by atoms with Crippen LogP contribution < -0.4 is 16.0 Å². The second-order valence-electron chi connectivity index (χ2n) is 5.06. The van der Waals surface area contributed by atoms with E-state index in [1.54, 1.807) is 7.05 Å². The lowest BCUT2D eigenvalue weighted by Crippen LogP contribution is -2.41. The maximum Gasteiger partial charge on any atom is 0.226 e. The zero-order valence-electron chi connectivity index (χ0n) is 13.4. The molecule has 0 aliphatic rings. The number of aliphatic imine (C=N–C) groups is 1. The van der Waals surface area contributed by atoms with Crippen LogP contribution in [-0.4, -0.2) is 31.5 Å². The highest BCUT2D eigenvalue weighted by molar-refractivity contribution is 14.0. The van der Waals surface area contributed by atoms with Crippen molar-refractivity contribution in [1.29, 1.82) is 0 Å². The molecular weight excluding hydrogens is 459 g/mol. The smallest absolute Gasteiger partial charge is 0.226 e. The van der Waals surface area contributed by atoms with Gasteiger partial charge in [-0.3, -0.25) is 9.79 Å². The van der Waals surface area contributed by atoms with E-state index in [1.165, 1.54) is 0 Å². The Morgan fingerprint density at radius 1 is 1.36 bits per heavy atom. The first-order chi connectivity index (χ1) is 9.92. The van der Waals surface area contributed by atoms with Gasteiger partial charge in [0.05, 0.1) is 0 Å². The number of hydrogen-bond acceptors (Lipinski definition) is 2. The van der Waals surface area contributed by atoms with Gasteiger partial charge in [-0.25, -0.2) is 0 Å². The van der Waals surface area contributed by atoms with Crippen molar-refractivity contribution in [2.45, 2.75) is 33.2 Å². The number of carbonyl (C=O) groups excluding carboxylic acids is 1. The second-order valence-corrected chi connectivity index (χ2v) is 5.97. The molecule has 0 bridgehead atoms. The Hall–Kier alpha value is -0.830.